The average Bonchev–Trinajstić information content (AvgIpc) is 2.79. The molecule has 0 fully saturated rings. The predicted octanol–water partition coefficient (Wildman–Crippen LogP) is 5.52. The number of anilines is 1. The number of nitrogens with one attached hydrogen (secondary N) is 1. The van der Waals surface area contributed by atoms with Crippen LogP contribution in [0.5, 0.6) is 11.5 Å². The van der Waals surface area contributed by atoms with Gasteiger partial charge >= 0.3 is 0 Å². The van der Waals surface area contributed by atoms with E-state index in [-0.39, 0.29) is 0 Å². The van der Waals surface area contributed by atoms with Crippen molar-refractivity contribution in [2.24, 2.45) is 5.10 Å². The van der Waals surface area contributed by atoms with E-state index in [0.29, 0.717) is 23.1 Å². The summed E-state index contributed by atoms with van der Waals surface area (Å²) in [4.78, 5) is 9.39. The van der Waals surface area contributed by atoms with Crippen LogP contribution < -0.4 is 14.9 Å². The molecule has 1 aromatic heterocycles. The zero-order valence-electron chi connectivity index (χ0n) is 16.5. The molecule has 7 heteroatoms. The molecule has 4 aromatic rings. The van der Waals surface area contributed by atoms with E-state index in [2.05, 4.69) is 26.5 Å². The Hall–Kier alpha value is -3.45. The van der Waals surface area contributed by atoms with Crippen molar-refractivity contribution in [3.05, 3.63) is 76.8 Å². The van der Waals surface area contributed by atoms with Gasteiger partial charge in [0.1, 0.15) is 0 Å². The number of para-hydroxylation sites is 1. The lowest BCUT2D eigenvalue weighted by Crippen LogP contribution is -1.99. The van der Waals surface area contributed by atoms with Crippen LogP contribution in [0, 0.1) is 0 Å². The molecule has 0 aliphatic carbocycles. The number of hydrazone groups is 1. The molecule has 0 radical (unpaired) electrons. The third-order valence-corrected chi connectivity index (χ3v) is 5.03. The maximum atomic E-state index is 5.34. The number of aromatic nitrogens is 2. The van der Waals surface area contributed by atoms with Gasteiger partial charge in [0.15, 0.2) is 23.1 Å². The molecule has 150 valence electrons. The predicted molar refractivity (Wildman–Crippen MR) is 123 cm³/mol. The molecule has 0 amide bonds. The minimum atomic E-state index is 0.630. The van der Waals surface area contributed by atoms with Crippen molar-refractivity contribution in [1.82, 2.24) is 9.97 Å². The molecule has 0 saturated heterocycles. The second kappa shape index (κ2) is 8.92. The number of hydrogen-bond acceptors (Lipinski definition) is 6. The Morgan fingerprint density at radius 1 is 0.900 bits per heavy atom. The standard InChI is InChI=1S/C23H19BrN4O2/c1-29-20-12-7-15(13-21(20)30-2)14-25-28-23-18-5-3-4-6-19(18)26-22(27-23)16-8-10-17(24)11-9-16/h3-14H,1-2H3,(H,26,27,28). The van der Waals surface area contributed by atoms with Crippen LogP contribution in [0.15, 0.2) is 76.3 Å². The molecule has 0 aliphatic rings. The van der Waals surface area contributed by atoms with Crippen LogP contribution in [0.2, 0.25) is 0 Å². The first kappa shape index (κ1) is 19.8. The molecular weight excluding hydrogens is 444 g/mol. The highest BCUT2D eigenvalue weighted by atomic mass is 79.9. The lowest BCUT2D eigenvalue weighted by molar-refractivity contribution is 0.355. The Kier molecular flexibility index (Phi) is 5.90. The third kappa shape index (κ3) is 4.26. The Morgan fingerprint density at radius 3 is 2.43 bits per heavy atom. The van der Waals surface area contributed by atoms with E-state index >= 15 is 0 Å². The van der Waals surface area contributed by atoms with E-state index in [1.807, 2.05) is 66.7 Å². The van der Waals surface area contributed by atoms with E-state index in [1.54, 1.807) is 20.4 Å². The molecule has 0 bridgehead atoms. The van der Waals surface area contributed by atoms with Gasteiger partial charge in [0.25, 0.3) is 0 Å². The van der Waals surface area contributed by atoms with Crippen molar-refractivity contribution in [1.29, 1.82) is 0 Å². The van der Waals surface area contributed by atoms with Crippen molar-refractivity contribution in [3.8, 4) is 22.9 Å². The monoisotopic (exact) mass is 462 g/mol. The van der Waals surface area contributed by atoms with Gasteiger partial charge in [-0.2, -0.15) is 5.10 Å². The molecule has 0 spiro atoms. The zero-order chi connectivity index (χ0) is 20.9. The summed E-state index contributed by atoms with van der Waals surface area (Å²) in [6.45, 7) is 0. The van der Waals surface area contributed by atoms with E-state index < -0.39 is 0 Å². The van der Waals surface area contributed by atoms with Crippen LogP contribution in [-0.2, 0) is 0 Å². The molecule has 1 N–H and O–H groups in total. The van der Waals surface area contributed by atoms with Gasteiger partial charge in [-0.3, -0.25) is 5.43 Å². The topological polar surface area (TPSA) is 68.6 Å². The number of benzene rings is 3. The summed E-state index contributed by atoms with van der Waals surface area (Å²) in [5.74, 6) is 2.58. The molecule has 0 unspecified atom stereocenters. The van der Waals surface area contributed by atoms with E-state index in [1.165, 1.54) is 0 Å². The molecule has 4 rings (SSSR count). The first-order chi connectivity index (χ1) is 14.7. The lowest BCUT2D eigenvalue weighted by Gasteiger charge is -2.09. The van der Waals surface area contributed by atoms with Gasteiger partial charge < -0.3 is 9.47 Å². The highest BCUT2D eigenvalue weighted by Gasteiger charge is 2.09. The highest BCUT2D eigenvalue weighted by molar-refractivity contribution is 9.10. The summed E-state index contributed by atoms with van der Waals surface area (Å²) in [5, 5.41) is 5.26. The van der Waals surface area contributed by atoms with Crippen molar-refractivity contribution in [3.63, 3.8) is 0 Å². The number of halogens is 1. The molecule has 6 nitrogen and oxygen atoms in total. The molecule has 0 saturated carbocycles. The van der Waals surface area contributed by atoms with Crippen LogP contribution in [0.3, 0.4) is 0 Å². The highest BCUT2D eigenvalue weighted by Crippen LogP contribution is 2.28. The number of hydrogen-bond donors (Lipinski definition) is 1. The lowest BCUT2D eigenvalue weighted by atomic mass is 10.2. The van der Waals surface area contributed by atoms with Gasteiger partial charge in [0.2, 0.25) is 0 Å². The summed E-state index contributed by atoms with van der Waals surface area (Å²) in [5.41, 5.74) is 5.70. The third-order valence-electron chi connectivity index (χ3n) is 4.50. The van der Waals surface area contributed by atoms with E-state index in [0.717, 1.165) is 26.5 Å². The van der Waals surface area contributed by atoms with Gasteiger partial charge in [-0.1, -0.05) is 40.2 Å². The van der Waals surface area contributed by atoms with Crippen molar-refractivity contribution < 1.29 is 9.47 Å². The van der Waals surface area contributed by atoms with Gasteiger partial charge in [-0.05, 0) is 48.0 Å². The van der Waals surface area contributed by atoms with Crippen LogP contribution in [0.4, 0.5) is 5.82 Å². The van der Waals surface area contributed by atoms with E-state index in [4.69, 9.17) is 19.4 Å². The largest absolute Gasteiger partial charge is 0.493 e. The summed E-state index contributed by atoms with van der Waals surface area (Å²) < 4.78 is 11.6. The van der Waals surface area contributed by atoms with E-state index in [9.17, 15) is 0 Å². The first-order valence-electron chi connectivity index (χ1n) is 9.22. The SMILES string of the molecule is COc1ccc(C=NNc2nc(-c3ccc(Br)cc3)nc3ccccc23)cc1OC. The van der Waals surface area contributed by atoms with Crippen LogP contribution in [0.25, 0.3) is 22.3 Å². The minimum absolute atomic E-state index is 0.630. The minimum Gasteiger partial charge on any atom is -0.493 e. The fourth-order valence-electron chi connectivity index (χ4n) is 2.99. The Bertz CT molecular complexity index is 1210. The maximum Gasteiger partial charge on any atom is 0.162 e. The zero-order valence-corrected chi connectivity index (χ0v) is 18.1. The number of ether oxygens (including phenoxy) is 2. The maximum absolute atomic E-state index is 5.34. The average molecular weight is 463 g/mol. The molecule has 0 atom stereocenters. The fraction of sp³-hybridized carbons (Fsp3) is 0.0870. The fourth-order valence-corrected chi connectivity index (χ4v) is 3.26. The number of nitrogens with zero attached hydrogens (tertiary/aromatic N) is 3. The second-order valence-electron chi connectivity index (χ2n) is 6.40. The summed E-state index contributed by atoms with van der Waals surface area (Å²) in [7, 11) is 3.21. The Morgan fingerprint density at radius 2 is 1.67 bits per heavy atom. The van der Waals surface area contributed by atoms with Crippen LogP contribution in [-0.4, -0.2) is 30.4 Å². The number of fused-ring (bicyclic) bond motifs is 1. The van der Waals surface area contributed by atoms with Gasteiger partial charge in [0, 0.05) is 15.4 Å². The Balaban J connectivity index is 1.66. The van der Waals surface area contributed by atoms with Crippen molar-refractivity contribution in [2.75, 3.05) is 19.6 Å². The molecular formula is C23H19BrN4O2. The van der Waals surface area contributed by atoms with Crippen molar-refractivity contribution >= 4 is 38.9 Å². The second-order valence-corrected chi connectivity index (χ2v) is 7.32. The molecule has 3 aromatic carbocycles. The quantitative estimate of drug-likeness (QED) is 0.301. The summed E-state index contributed by atoms with van der Waals surface area (Å²) in [6, 6.07) is 21.3. The van der Waals surface area contributed by atoms with Gasteiger partial charge in [-0.15, -0.1) is 0 Å². The van der Waals surface area contributed by atoms with Crippen LogP contribution in [0.1, 0.15) is 5.56 Å². The van der Waals surface area contributed by atoms with Gasteiger partial charge in [0.05, 0.1) is 26.0 Å². The first-order valence-corrected chi connectivity index (χ1v) is 10.0. The van der Waals surface area contributed by atoms with Gasteiger partial charge in [-0.25, -0.2) is 9.97 Å². The normalized spacial score (nSPS) is 11.0. The Labute approximate surface area is 182 Å². The number of methoxy groups -OCH3 is 2. The van der Waals surface area contributed by atoms with Crippen LogP contribution >= 0.6 is 15.9 Å². The summed E-state index contributed by atoms with van der Waals surface area (Å²) in [6.07, 6.45) is 1.71. The molecule has 0 aliphatic heterocycles. The molecule has 1 heterocycles. The van der Waals surface area contributed by atoms with Crippen molar-refractivity contribution in [2.45, 2.75) is 0 Å². The molecule has 30 heavy (non-hydrogen) atoms. The summed E-state index contributed by atoms with van der Waals surface area (Å²) >= 11 is 3.46. The smallest absolute Gasteiger partial charge is 0.162 e. The number of rotatable bonds is 6.